The van der Waals surface area contributed by atoms with Gasteiger partial charge < -0.3 is 40.6 Å². The number of benzene rings is 2. The molecule has 2 aromatic heterocycles. The highest BCUT2D eigenvalue weighted by Crippen LogP contribution is 2.36. The number of imidazole rings is 1. The maximum absolute atomic E-state index is 14.8. The number of H-pyrrole nitrogens is 1. The van der Waals surface area contributed by atoms with Gasteiger partial charge in [-0.3, -0.25) is 19.2 Å². The molecule has 2 aliphatic rings. The Morgan fingerprint density at radius 2 is 1.40 bits per heavy atom. The minimum Gasteiger partial charge on any atom is -0.352 e. The van der Waals surface area contributed by atoms with Crippen LogP contribution < -0.4 is 26.6 Å². The van der Waals surface area contributed by atoms with Crippen molar-refractivity contribution >= 4 is 60.1 Å². The van der Waals surface area contributed by atoms with Crippen molar-refractivity contribution in [3.05, 3.63) is 47.8 Å². The Balaban J connectivity index is 1.38. The topological polar surface area (TPSA) is 156 Å². The number of amides is 4. The molecule has 4 aromatic rings. The molecule has 2 fully saturated rings. The summed E-state index contributed by atoms with van der Waals surface area (Å²) in [6, 6.07) is 8.24. The number of fused-ring (bicyclic) bond motifs is 2. The number of aromatic nitrogens is 3. The van der Waals surface area contributed by atoms with E-state index >= 15 is 0 Å². The molecule has 15 heteroatoms. The molecule has 0 aliphatic carbocycles. The fourth-order valence-corrected chi connectivity index (χ4v) is 8.72. The molecule has 2 aromatic carbocycles. The van der Waals surface area contributed by atoms with Gasteiger partial charge in [-0.05, 0) is 101 Å². The van der Waals surface area contributed by atoms with Crippen molar-refractivity contribution < 1.29 is 23.6 Å². The molecule has 2 saturated heterocycles. The highest BCUT2D eigenvalue weighted by Gasteiger charge is 2.39. The van der Waals surface area contributed by atoms with Crippen LogP contribution in [0.25, 0.3) is 33.5 Å². The number of nitrogens with zero attached hydrogens (tertiary/aromatic N) is 4. The Morgan fingerprint density at radius 1 is 0.828 bits per heavy atom. The van der Waals surface area contributed by atoms with E-state index in [1.54, 1.807) is 34.0 Å². The lowest BCUT2D eigenvalue weighted by Crippen LogP contribution is -2.55. The van der Waals surface area contributed by atoms with Crippen molar-refractivity contribution in [2.75, 3.05) is 27.2 Å². The van der Waals surface area contributed by atoms with Crippen LogP contribution in [0.3, 0.4) is 0 Å². The lowest BCUT2D eigenvalue weighted by molar-refractivity contribution is -0.139. The zero-order valence-corrected chi connectivity index (χ0v) is 36.3. The average Bonchev–Trinajstić information content (AvgIpc) is 4.00. The fourth-order valence-electron chi connectivity index (χ4n) is 8.46. The quantitative estimate of drug-likeness (QED) is 0.114. The van der Waals surface area contributed by atoms with E-state index in [1.807, 2.05) is 43.6 Å². The number of carbonyl (C=O) groups excluding carboxylic acids is 4. The van der Waals surface area contributed by atoms with Crippen molar-refractivity contribution in [3.8, 4) is 11.5 Å². The summed E-state index contributed by atoms with van der Waals surface area (Å²) in [5.74, 6) is -0.673. The van der Waals surface area contributed by atoms with Crippen LogP contribution in [0.2, 0.25) is 0 Å². The van der Waals surface area contributed by atoms with Crippen molar-refractivity contribution in [1.29, 1.82) is 0 Å². The number of aromatic amines is 1. The Hall–Kier alpha value is -4.39. The molecule has 314 valence electrons. The summed E-state index contributed by atoms with van der Waals surface area (Å²) in [4.78, 5) is 67.0. The van der Waals surface area contributed by atoms with Crippen LogP contribution in [0.5, 0.6) is 0 Å². The normalized spacial score (nSPS) is 19.3. The number of hydrogen-bond acceptors (Lipinski definition) is 7. The van der Waals surface area contributed by atoms with Gasteiger partial charge in [0.1, 0.15) is 17.9 Å². The van der Waals surface area contributed by atoms with Crippen molar-refractivity contribution in [2.24, 2.45) is 11.8 Å². The molecular weight excluding hydrogens is 757 g/mol. The third kappa shape index (κ3) is 8.94. The molecule has 0 saturated carbocycles. The molecule has 6 rings (SSSR count). The number of rotatable bonds is 15. The van der Waals surface area contributed by atoms with Crippen LogP contribution in [0, 0.1) is 17.7 Å². The second kappa shape index (κ2) is 18.3. The molecule has 7 atom stereocenters. The van der Waals surface area contributed by atoms with Crippen LogP contribution in [0.15, 0.2) is 36.4 Å². The lowest BCUT2D eigenvalue weighted by Gasteiger charge is -2.32. The predicted octanol–water partition coefficient (Wildman–Crippen LogP) is 3.85. The van der Waals surface area contributed by atoms with Gasteiger partial charge in [0.05, 0.1) is 28.8 Å². The molecule has 13 nitrogen and oxygen atoms in total. The summed E-state index contributed by atoms with van der Waals surface area (Å²) in [6.07, 6.45) is 3.74. The van der Waals surface area contributed by atoms with Gasteiger partial charge in [-0.15, -0.1) is 9.24 Å². The van der Waals surface area contributed by atoms with Gasteiger partial charge in [0.2, 0.25) is 23.6 Å². The Kier molecular flexibility index (Phi) is 13.6. The Labute approximate surface area is 343 Å². The van der Waals surface area contributed by atoms with Gasteiger partial charge in [0.15, 0.2) is 5.82 Å². The SMILES string of the molecule is CN[C@@H](C)C(=O)N[C@H](C(=O)N1CCC[C@H]1Cc1c(-c2nc3cc(F)ccc3n2C[C@@H]2CCCN2C(=O)[C@@H](NC(=O)[C@H](C)NC)C(C)C)[nH]c2cc(P)ccc12)C(C)C. The lowest BCUT2D eigenvalue weighted by atomic mass is 9.98. The van der Waals surface area contributed by atoms with Crippen LogP contribution in [0.1, 0.15) is 72.8 Å². The molecule has 0 spiro atoms. The first-order valence-electron chi connectivity index (χ1n) is 20.8. The molecule has 0 bridgehead atoms. The maximum atomic E-state index is 14.8. The first-order valence-corrected chi connectivity index (χ1v) is 21.3. The van der Waals surface area contributed by atoms with E-state index in [0.717, 1.165) is 58.7 Å². The zero-order chi connectivity index (χ0) is 42.0. The van der Waals surface area contributed by atoms with Gasteiger partial charge in [-0.1, -0.05) is 39.8 Å². The van der Waals surface area contributed by atoms with Gasteiger partial charge in [0.25, 0.3) is 0 Å². The second-order valence-corrected chi connectivity index (χ2v) is 17.5. The monoisotopic (exact) mass is 817 g/mol. The molecule has 1 unspecified atom stereocenters. The minimum absolute atomic E-state index is 0.0900. The van der Waals surface area contributed by atoms with Gasteiger partial charge in [-0.2, -0.15) is 0 Å². The predicted molar refractivity (Wildman–Crippen MR) is 230 cm³/mol. The number of hydrogen-bond donors (Lipinski definition) is 5. The van der Waals surface area contributed by atoms with E-state index in [1.165, 1.54) is 12.1 Å². The number of carbonyl (C=O) groups is 4. The third-order valence-electron chi connectivity index (χ3n) is 12.1. The average molecular weight is 818 g/mol. The Bertz CT molecular complexity index is 2000. The number of nitrogens with one attached hydrogen (secondary N) is 5. The molecule has 58 heavy (non-hydrogen) atoms. The van der Waals surface area contributed by atoms with Crippen molar-refractivity contribution in [1.82, 2.24) is 45.6 Å². The third-order valence-corrected chi connectivity index (χ3v) is 12.5. The van der Waals surface area contributed by atoms with E-state index in [4.69, 9.17) is 4.98 Å². The summed E-state index contributed by atoms with van der Waals surface area (Å²) in [5, 5.41) is 13.9. The highest BCUT2D eigenvalue weighted by atomic mass is 31.0. The first-order chi connectivity index (χ1) is 27.6. The molecule has 0 radical (unpaired) electrons. The molecule has 2 aliphatic heterocycles. The number of likely N-dealkylation sites (tertiary alicyclic amines) is 2. The molecule has 4 amide bonds. The summed E-state index contributed by atoms with van der Waals surface area (Å²) in [5.41, 5.74) is 3.93. The van der Waals surface area contributed by atoms with Crippen LogP contribution in [-0.2, 0) is 32.1 Å². The van der Waals surface area contributed by atoms with Gasteiger partial charge in [-0.25, -0.2) is 9.37 Å². The standard InChI is InChI=1S/C43H61FN9O4P/c1-23(2)36(49-40(54)25(5)45-7)42(56)51-17-9-11-28(51)20-32-31-15-14-30(58)21-33(31)47-38(32)39-48-34-19-27(44)13-16-35(34)53(39)22-29-12-10-18-52(29)43(57)37(24(3)4)50-41(55)26(6)46-8/h13-16,19,21,23-26,28-29,36-37,45-47H,9-12,17-18,20,22,58H2,1-8H3,(H,49,54)(H,50,55)/t25-,26-,28-,29-,36-,37-/m0/s1. The number of halogens is 1. The summed E-state index contributed by atoms with van der Waals surface area (Å²) < 4.78 is 16.9. The molecule has 5 N–H and O–H groups in total. The second-order valence-electron chi connectivity index (χ2n) is 16.8. The molecular formula is C43H61FN9O4P. The van der Waals surface area contributed by atoms with E-state index in [9.17, 15) is 23.6 Å². The van der Waals surface area contributed by atoms with E-state index in [-0.39, 0.29) is 47.5 Å². The maximum Gasteiger partial charge on any atom is 0.245 e. The summed E-state index contributed by atoms with van der Waals surface area (Å²) in [6.45, 7) is 12.9. The molecule has 4 heterocycles. The summed E-state index contributed by atoms with van der Waals surface area (Å²) >= 11 is 0. The zero-order valence-electron chi connectivity index (χ0n) is 35.1. The first kappa shape index (κ1) is 43.2. The number of likely N-dealkylation sites (N-methyl/N-ethyl adjacent to an activating group) is 2. The fraction of sp³-hybridized carbons (Fsp3) is 0.558. The Morgan fingerprint density at radius 3 is 1.97 bits per heavy atom. The smallest absolute Gasteiger partial charge is 0.245 e. The van der Waals surface area contributed by atoms with Crippen LogP contribution in [0.4, 0.5) is 4.39 Å². The highest BCUT2D eigenvalue weighted by molar-refractivity contribution is 7.27. The van der Waals surface area contributed by atoms with Crippen molar-refractivity contribution in [2.45, 2.75) is 116 Å². The largest absolute Gasteiger partial charge is 0.352 e. The van der Waals surface area contributed by atoms with Crippen LogP contribution >= 0.6 is 9.24 Å². The van der Waals surface area contributed by atoms with E-state index < -0.39 is 30.0 Å². The summed E-state index contributed by atoms with van der Waals surface area (Å²) in [7, 11) is 6.19. The van der Waals surface area contributed by atoms with Crippen molar-refractivity contribution in [3.63, 3.8) is 0 Å². The van der Waals surface area contributed by atoms with Gasteiger partial charge in [0, 0.05) is 48.7 Å². The van der Waals surface area contributed by atoms with E-state index in [2.05, 4.69) is 52.2 Å². The van der Waals surface area contributed by atoms with E-state index in [0.29, 0.717) is 37.4 Å². The van der Waals surface area contributed by atoms with Gasteiger partial charge >= 0.3 is 0 Å². The minimum atomic E-state index is -0.689. The van der Waals surface area contributed by atoms with Crippen LogP contribution in [-0.4, -0.2) is 111 Å².